The van der Waals surface area contributed by atoms with Crippen LogP contribution in [0.15, 0.2) is 17.4 Å². The van der Waals surface area contributed by atoms with Gasteiger partial charge in [-0.15, -0.1) is 11.3 Å². The van der Waals surface area contributed by atoms with Crippen LogP contribution in [0.4, 0.5) is 5.13 Å². The van der Waals surface area contributed by atoms with Gasteiger partial charge >= 0.3 is 0 Å². The first kappa shape index (κ1) is 18.9. The van der Waals surface area contributed by atoms with E-state index in [0.29, 0.717) is 11.0 Å². The van der Waals surface area contributed by atoms with Gasteiger partial charge in [0.25, 0.3) is 6.20 Å². The summed E-state index contributed by atoms with van der Waals surface area (Å²) in [6.07, 6.45) is 4.59. The van der Waals surface area contributed by atoms with Crippen molar-refractivity contribution in [3.8, 4) is 0 Å². The van der Waals surface area contributed by atoms with Crippen LogP contribution >= 0.6 is 11.3 Å². The second-order valence-electron chi connectivity index (χ2n) is 5.80. The zero-order chi connectivity index (χ0) is 18.2. The number of nitrogens with zero attached hydrogens (tertiary/aromatic N) is 2. The Kier molecular flexibility index (Phi) is 6.95. The molecule has 0 aromatic carbocycles. The summed E-state index contributed by atoms with van der Waals surface area (Å²) in [7, 11) is 0. The molecule has 0 amide bonds. The molecule has 1 aliphatic rings. The molecule has 11 heteroatoms. The van der Waals surface area contributed by atoms with Gasteiger partial charge in [0.15, 0.2) is 16.9 Å². The lowest BCUT2D eigenvalue weighted by atomic mass is 9.84. The van der Waals surface area contributed by atoms with Gasteiger partial charge in [-0.05, 0) is 19.3 Å². The second kappa shape index (κ2) is 9.18. The summed E-state index contributed by atoms with van der Waals surface area (Å²) < 4.78 is 0. The Bertz CT molecular complexity index is 634. The van der Waals surface area contributed by atoms with Crippen molar-refractivity contribution in [1.29, 1.82) is 5.41 Å². The smallest absolute Gasteiger partial charge is 0.274 e. The molecule has 1 heterocycles. The third-order valence-electron chi connectivity index (χ3n) is 3.88. The molecule has 10 nitrogen and oxygen atoms in total. The molecular weight excluding hydrogens is 346 g/mol. The number of nitrogens with two attached hydrogens (primary N) is 1. The van der Waals surface area contributed by atoms with Crippen molar-refractivity contribution >= 4 is 22.4 Å². The molecule has 2 unspecified atom stereocenters. The summed E-state index contributed by atoms with van der Waals surface area (Å²) in [6, 6.07) is 0.0852. The van der Waals surface area contributed by atoms with Gasteiger partial charge in [0.1, 0.15) is 0 Å². The first-order valence-corrected chi connectivity index (χ1v) is 8.89. The van der Waals surface area contributed by atoms with Crippen LogP contribution < -0.4 is 21.7 Å². The Hall–Kier alpha value is -2.40. The minimum absolute atomic E-state index is 0.0852. The molecule has 138 valence electrons. The van der Waals surface area contributed by atoms with Crippen LogP contribution in [-0.2, 0) is 0 Å². The monoisotopic (exact) mass is 369 g/mol. The van der Waals surface area contributed by atoms with Crippen molar-refractivity contribution in [3.63, 3.8) is 0 Å². The van der Waals surface area contributed by atoms with Gasteiger partial charge in [-0.1, -0.05) is 6.42 Å². The minimum atomic E-state index is -0.521. The molecular formula is C14H23N7O3S. The highest BCUT2D eigenvalue weighted by molar-refractivity contribution is 7.13. The van der Waals surface area contributed by atoms with E-state index in [1.807, 2.05) is 5.38 Å². The first-order chi connectivity index (χ1) is 12.0. The van der Waals surface area contributed by atoms with E-state index in [1.54, 1.807) is 0 Å². The van der Waals surface area contributed by atoms with Gasteiger partial charge in [-0.25, -0.2) is 4.98 Å². The van der Waals surface area contributed by atoms with Crippen molar-refractivity contribution in [2.75, 3.05) is 18.5 Å². The van der Waals surface area contributed by atoms with E-state index in [9.17, 15) is 10.1 Å². The van der Waals surface area contributed by atoms with E-state index in [4.69, 9.17) is 16.2 Å². The highest BCUT2D eigenvalue weighted by Crippen LogP contribution is 2.34. The van der Waals surface area contributed by atoms with E-state index in [0.717, 1.165) is 37.6 Å². The average Bonchev–Trinajstić information content (AvgIpc) is 3.00. The molecule has 7 N–H and O–H groups in total. The Morgan fingerprint density at radius 3 is 3.08 bits per heavy atom. The lowest BCUT2D eigenvalue weighted by Gasteiger charge is -2.30. The molecule has 0 bridgehead atoms. The van der Waals surface area contributed by atoms with Gasteiger partial charge in [0.05, 0.1) is 17.2 Å². The van der Waals surface area contributed by atoms with Crippen LogP contribution in [0.25, 0.3) is 0 Å². The number of aromatic nitrogens is 1. The van der Waals surface area contributed by atoms with Crippen LogP contribution in [0, 0.1) is 15.5 Å². The molecule has 0 aliphatic heterocycles. The summed E-state index contributed by atoms with van der Waals surface area (Å²) >= 11 is 1.40. The predicted molar refractivity (Wildman–Crippen MR) is 95.9 cm³/mol. The molecule has 0 saturated heterocycles. The maximum Gasteiger partial charge on any atom is 0.274 e. The van der Waals surface area contributed by atoms with Gasteiger partial charge in [0, 0.05) is 23.9 Å². The predicted octanol–water partition coefficient (Wildman–Crippen LogP) is 0.722. The number of thiazole rings is 1. The van der Waals surface area contributed by atoms with Crippen molar-refractivity contribution in [3.05, 3.63) is 33.2 Å². The third kappa shape index (κ3) is 6.19. The van der Waals surface area contributed by atoms with Crippen LogP contribution in [0.3, 0.4) is 0 Å². The van der Waals surface area contributed by atoms with Crippen LogP contribution in [0.5, 0.6) is 0 Å². The number of hydrogen-bond acceptors (Lipinski definition) is 8. The summed E-state index contributed by atoms with van der Waals surface area (Å²) in [6.45, 7) is 0.143. The lowest BCUT2D eigenvalue weighted by molar-refractivity contribution is -0.404. The number of nitrogens with one attached hydrogen (secondary N) is 4. The average molecular weight is 369 g/mol. The van der Waals surface area contributed by atoms with E-state index in [2.05, 4.69) is 20.9 Å². The standard InChI is InChI=1S/C14H23N7O3S/c15-13(16)20-14-19-11(8-25-14)9-2-1-3-10(6-9)18-12(7-21(23)24)17-4-5-22/h7-10,17-18,22H,1-6H2,(H4,15,16,19,20). The second-order valence-corrected chi connectivity index (χ2v) is 6.66. The number of rotatable bonds is 8. The topological polar surface area (TPSA) is 162 Å². The highest BCUT2D eigenvalue weighted by atomic mass is 32.1. The quantitative estimate of drug-likeness (QED) is 0.169. The molecule has 1 fully saturated rings. The number of nitro groups is 1. The molecule has 2 rings (SSSR count). The molecule has 1 aromatic heterocycles. The van der Waals surface area contributed by atoms with Gasteiger partial charge in [0.2, 0.25) is 0 Å². The highest BCUT2D eigenvalue weighted by Gasteiger charge is 2.26. The number of hydrogen-bond donors (Lipinski definition) is 6. The van der Waals surface area contributed by atoms with E-state index in [1.165, 1.54) is 11.3 Å². The largest absolute Gasteiger partial charge is 0.395 e. The van der Waals surface area contributed by atoms with E-state index >= 15 is 0 Å². The van der Waals surface area contributed by atoms with Gasteiger partial charge in [-0.2, -0.15) is 0 Å². The first-order valence-electron chi connectivity index (χ1n) is 8.01. The van der Waals surface area contributed by atoms with E-state index in [-0.39, 0.29) is 31.1 Å². The third-order valence-corrected chi connectivity index (χ3v) is 4.65. The van der Waals surface area contributed by atoms with Crippen molar-refractivity contribution < 1.29 is 10.0 Å². The van der Waals surface area contributed by atoms with Crippen LogP contribution in [-0.4, -0.2) is 40.2 Å². The Balaban J connectivity index is 1.98. The van der Waals surface area contributed by atoms with Crippen LogP contribution in [0.1, 0.15) is 37.3 Å². The van der Waals surface area contributed by atoms with Gasteiger partial charge < -0.3 is 26.8 Å². The Labute approximate surface area is 149 Å². The number of guanidine groups is 1. The maximum atomic E-state index is 10.7. The lowest BCUT2D eigenvalue weighted by Crippen LogP contribution is -2.39. The number of anilines is 1. The molecule has 0 spiro atoms. The zero-order valence-electron chi connectivity index (χ0n) is 13.7. The fraction of sp³-hybridized carbons (Fsp3) is 0.571. The van der Waals surface area contributed by atoms with Gasteiger partial charge in [-0.3, -0.25) is 15.5 Å². The fourth-order valence-electron chi connectivity index (χ4n) is 2.89. The number of aliphatic hydroxyl groups is 1. The maximum absolute atomic E-state index is 10.7. The van der Waals surface area contributed by atoms with Crippen molar-refractivity contribution in [1.82, 2.24) is 15.6 Å². The minimum Gasteiger partial charge on any atom is -0.395 e. The van der Waals surface area contributed by atoms with Crippen LogP contribution in [0.2, 0.25) is 0 Å². The molecule has 1 saturated carbocycles. The normalized spacial score (nSPS) is 20.8. The number of aliphatic hydroxyl groups excluding tert-OH is 1. The van der Waals surface area contributed by atoms with Crippen molar-refractivity contribution in [2.24, 2.45) is 5.73 Å². The molecule has 25 heavy (non-hydrogen) atoms. The summed E-state index contributed by atoms with van der Waals surface area (Å²) in [5, 5.41) is 38.1. The molecule has 1 aliphatic carbocycles. The summed E-state index contributed by atoms with van der Waals surface area (Å²) in [5.41, 5.74) is 6.26. The zero-order valence-corrected chi connectivity index (χ0v) is 14.5. The summed E-state index contributed by atoms with van der Waals surface area (Å²) in [4.78, 5) is 14.7. The Morgan fingerprint density at radius 2 is 2.40 bits per heavy atom. The van der Waals surface area contributed by atoms with Crippen molar-refractivity contribution in [2.45, 2.75) is 37.6 Å². The Morgan fingerprint density at radius 1 is 1.60 bits per heavy atom. The fourth-order valence-corrected chi connectivity index (χ4v) is 3.69. The summed E-state index contributed by atoms with van der Waals surface area (Å²) in [5.74, 6) is 0.412. The molecule has 0 radical (unpaired) electrons. The molecule has 2 atom stereocenters. The SMILES string of the molecule is N=C(N)Nc1nc(C2CCCC(NC(=C[N+](=O)[O-])NCCO)C2)cs1. The van der Waals surface area contributed by atoms with E-state index < -0.39 is 4.92 Å². The molecule has 1 aromatic rings.